The summed E-state index contributed by atoms with van der Waals surface area (Å²) in [6.07, 6.45) is 0. The standard InChI is InChI=1S/C24H26ClN3O3/c1-3-30-21-9-7-18(8-10-21)24(29)28-13-11-27(12-14-28)16-22-17(2)31-23(26-22)19-5-4-6-20(25)15-19/h4-10,15H,3,11-14,16H2,1-2H3. The number of oxazole rings is 1. The van der Waals surface area contributed by atoms with Crippen molar-refractivity contribution in [3.05, 3.63) is 70.6 Å². The Bertz CT molecular complexity index is 1040. The molecule has 1 saturated heterocycles. The second-order valence-electron chi connectivity index (χ2n) is 7.56. The molecule has 0 bridgehead atoms. The first-order valence-electron chi connectivity index (χ1n) is 10.5. The highest BCUT2D eigenvalue weighted by Crippen LogP contribution is 2.25. The van der Waals surface area contributed by atoms with Gasteiger partial charge in [0.15, 0.2) is 0 Å². The molecule has 6 nitrogen and oxygen atoms in total. The van der Waals surface area contributed by atoms with E-state index < -0.39 is 0 Å². The predicted molar refractivity (Wildman–Crippen MR) is 120 cm³/mol. The highest BCUT2D eigenvalue weighted by Gasteiger charge is 2.24. The topological polar surface area (TPSA) is 58.8 Å². The number of rotatable bonds is 6. The molecule has 0 atom stereocenters. The van der Waals surface area contributed by atoms with E-state index in [2.05, 4.69) is 9.88 Å². The van der Waals surface area contributed by atoms with E-state index in [-0.39, 0.29) is 5.91 Å². The number of amides is 1. The maximum absolute atomic E-state index is 12.8. The number of benzene rings is 2. The van der Waals surface area contributed by atoms with Gasteiger partial charge in [-0.15, -0.1) is 0 Å². The molecule has 0 spiro atoms. The van der Waals surface area contributed by atoms with Crippen LogP contribution in [-0.4, -0.2) is 53.5 Å². The summed E-state index contributed by atoms with van der Waals surface area (Å²) >= 11 is 6.09. The van der Waals surface area contributed by atoms with Gasteiger partial charge in [-0.25, -0.2) is 4.98 Å². The Kier molecular flexibility index (Phi) is 6.59. The smallest absolute Gasteiger partial charge is 0.253 e. The summed E-state index contributed by atoms with van der Waals surface area (Å²) < 4.78 is 11.3. The monoisotopic (exact) mass is 439 g/mol. The summed E-state index contributed by atoms with van der Waals surface area (Å²) in [5.74, 6) is 2.23. The molecule has 2 heterocycles. The summed E-state index contributed by atoms with van der Waals surface area (Å²) in [4.78, 5) is 21.7. The molecule has 0 unspecified atom stereocenters. The molecule has 3 aromatic rings. The second kappa shape index (κ2) is 9.54. The molecule has 162 valence electrons. The third-order valence-corrected chi connectivity index (χ3v) is 5.64. The summed E-state index contributed by atoms with van der Waals surface area (Å²) in [5.41, 5.74) is 2.48. The largest absolute Gasteiger partial charge is 0.494 e. The molecule has 1 fully saturated rings. The van der Waals surface area contributed by atoms with Crippen molar-refractivity contribution in [2.24, 2.45) is 0 Å². The Balaban J connectivity index is 1.34. The fourth-order valence-electron chi connectivity index (χ4n) is 3.68. The SMILES string of the molecule is CCOc1ccc(C(=O)N2CCN(Cc3nc(-c4cccc(Cl)c4)oc3C)CC2)cc1. The Morgan fingerprint density at radius 3 is 2.55 bits per heavy atom. The molecule has 0 N–H and O–H groups in total. The summed E-state index contributed by atoms with van der Waals surface area (Å²) in [5, 5.41) is 0.656. The molecule has 1 aromatic heterocycles. The maximum atomic E-state index is 12.8. The average molecular weight is 440 g/mol. The van der Waals surface area contributed by atoms with Crippen LogP contribution in [-0.2, 0) is 6.54 Å². The number of carbonyl (C=O) groups excluding carboxylic acids is 1. The number of aromatic nitrogens is 1. The third kappa shape index (κ3) is 5.09. The van der Waals surface area contributed by atoms with Gasteiger partial charge in [0, 0.05) is 48.9 Å². The molecule has 4 rings (SSSR count). The van der Waals surface area contributed by atoms with Crippen LogP contribution < -0.4 is 4.74 Å². The fraction of sp³-hybridized carbons (Fsp3) is 0.333. The number of halogens is 1. The minimum absolute atomic E-state index is 0.0588. The molecule has 1 amide bonds. The van der Waals surface area contributed by atoms with Gasteiger partial charge in [-0.05, 0) is 56.3 Å². The minimum atomic E-state index is 0.0588. The van der Waals surface area contributed by atoms with E-state index in [9.17, 15) is 4.79 Å². The quantitative estimate of drug-likeness (QED) is 0.559. The molecule has 1 aliphatic rings. The van der Waals surface area contributed by atoms with Crippen LogP contribution in [0.5, 0.6) is 5.75 Å². The molecule has 0 radical (unpaired) electrons. The first-order valence-corrected chi connectivity index (χ1v) is 10.9. The number of aryl methyl sites for hydroxylation is 1. The second-order valence-corrected chi connectivity index (χ2v) is 7.99. The maximum Gasteiger partial charge on any atom is 0.253 e. The van der Waals surface area contributed by atoms with Gasteiger partial charge in [-0.1, -0.05) is 17.7 Å². The molecule has 0 aliphatic carbocycles. The first kappa shape index (κ1) is 21.4. The molecular weight excluding hydrogens is 414 g/mol. The number of carbonyl (C=O) groups is 1. The van der Waals surface area contributed by atoms with Crippen LogP contribution in [0.1, 0.15) is 28.7 Å². The van der Waals surface area contributed by atoms with Gasteiger partial charge in [0.2, 0.25) is 5.89 Å². The number of nitrogens with zero attached hydrogens (tertiary/aromatic N) is 3. The van der Waals surface area contributed by atoms with Gasteiger partial charge in [-0.2, -0.15) is 0 Å². The lowest BCUT2D eigenvalue weighted by molar-refractivity contribution is 0.0626. The molecule has 1 aliphatic heterocycles. The number of hydrogen-bond acceptors (Lipinski definition) is 5. The van der Waals surface area contributed by atoms with Crippen molar-refractivity contribution in [2.45, 2.75) is 20.4 Å². The highest BCUT2D eigenvalue weighted by molar-refractivity contribution is 6.30. The first-order chi connectivity index (χ1) is 15.0. The zero-order chi connectivity index (χ0) is 21.8. The molecule has 31 heavy (non-hydrogen) atoms. The normalized spacial score (nSPS) is 14.6. The zero-order valence-corrected chi connectivity index (χ0v) is 18.6. The van der Waals surface area contributed by atoms with Crippen LogP contribution in [0.25, 0.3) is 11.5 Å². The van der Waals surface area contributed by atoms with Gasteiger partial charge in [0.1, 0.15) is 11.5 Å². The third-order valence-electron chi connectivity index (χ3n) is 5.41. The van der Waals surface area contributed by atoms with Crippen molar-refractivity contribution in [3.63, 3.8) is 0 Å². The van der Waals surface area contributed by atoms with Gasteiger partial charge in [-0.3, -0.25) is 9.69 Å². The minimum Gasteiger partial charge on any atom is -0.494 e. The van der Waals surface area contributed by atoms with Crippen molar-refractivity contribution >= 4 is 17.5 Å². The van der Waals surface area contributed by atoms with E-state index in [1.165, 1.54) is 0 Å². The van der Waals surface area contributed by atoms with E-state index in [1.54, 1.807) is 0 Å². The van der Waals surface area contributed by atoms with Crippen molar-refractivity contribution in [3.8, 4) is 17.2 Å². The zero-order valence-electron chi connectivity index (χ0n) is 17.8. The number of hydrogen-bond donors (Lipinski definition) is 0. The van der Waals surface area contributed by atoms with Crippen molar-refractivity contribution in [1.29, 1.82) is 0 Å². The summed E-state index contributed by atoms with van der Waals surface area (Å²) in [6.45, 7) is 8.14. The van der Waals surface area contributed by atoms with E-state index in [1.807, 2.05) is 67.3 Å². The lowest BCUT2D eigenvalue weighted by Crippen LogP contribution is -2.48. The van der Waals surface area contributed by atoms with Crippen LogP contribution >= 0.6 is 11.6 Å². The molecular formula is C24H26ClN3O3. The Morgan fingerprint density at radius 2 is 1.87 bits per heavy atom. The Labute approximate surface area is 187 Å². The van der Waals surface area contributed by atoms with Gasteiger partial charge >= 0.3 is 0 Å². The predicted octanol–water partition coefficient (Wildman–Crippen LogP) is 4.66. The molecule has 2 aromatic carbocycles. The van der Waals surface area contributed by atoms with E-state index in [0.717, 1.165) is 35.9 Å². The van der Waals surface area contributed by atoms with Crippen molar-refractivity contribution in [1.82, 2.24) is 14.8 Å². The molecule has 0 saturated carbocycles. The Morgan fingerprint density at radius 1 is 1.13 bits per heavy atom. The summed E-state index contributed by atoms with van der Waals surface area (Å²) in [7, 11) is 0. The van der Waals surface area contributed by atoms with Crippen LogP contribution in [0.4, 0.5) is 0 Å². The van der Waals surface area contributed by atoms with E-state index in [0.29, 0.717) is 42.7 Å². The molecule has 7 heteroatoms. The van der Waals surface area contributed by atoms with Crippen molar-refractivity contribution in [2.75, 3.05) is 32.8 Å². The van der Waals surface area contributed by atoms with Crippen molar-refractivity contribution < 1.29 is 13.9 Å². The lowest BCUT2D eigenvalue weighted by Gasteiger charge is -2.34. The number of piperazine rings is 1. The van der Waals surface area contributed by atoms with E-state index >= 15 is 0 Å². The fourth-order valence-corrected chi connectivity index (χ4v) is 3.87. The summed E-state index contributed by atoms with van der Waals surface area (Å²) in [6, 6.07) is 14.9. The van der Waals surface area contributed by atoms with E-state index in [4.69, 9.17) is 20.8 Å². The van der Waals surface area contributed by atoms with Crippen LogP contribution in [0, 0.1) is 6.92 Å². The van der Waals surface area contributed by atoms with Crippen LogP contribution in [0.3, 0.4) is 0 Å². The van der Waals surface area contributed by atoms with Gasteiger partial charge < -0.3 is 14.1 Å². The lowest BCUT2D eigenvalue weighted by atomic mass is 10.1. The van der Waals surface area contributed by atoms with Gasteiger partial charge in [0.05, 0.1) is 12.3 Å². The average Bonchev–Trinajstić information content (AvgIpc) is 3.15. The Hall–Kier alpha value is -2.83. The van der Waals surface area contributed by atoms with Crippen LogP contribution in [0.2, 0.25) is 5.02 Å². The highest BCUT2D eigenvalue weighted by atomic mass is 35.5. The van der Waals surface area contributed by atoms with Gasteiger partial charge in [0.25, 0.3) is 5.91 Å². The number of ether oxygens (including phenoxy) is 1. The van der Waals surface area contributed by atoms with Crippen LogP contribution in [0.15, 0.2) is 52.9 Å².